The van der Waals surface area contributed by atoms with E-state index in [0.717, 1.165) is 57.8 Å². The van der Waals surface area contributed by atoms with Crippen LogP contribution >= 0.6 is 0 Å². The molecule has 0 aromatic rings. The van der Waals surface area contributed by atoms with Gasteiger partial charge in [-0.2, -0.15) is 0 Å². The monoisotopic (exact) mass is 456 g/mol. The van der Waals surface area contributed by atoms with E-state index >= 15 is 0 Å². The first-order valence-electron chi connectivity index (χ1n) is 12.5. The van der Waals surface area contributed by atoms with E-state index in [1.165, 1.54) is 51.4 Å². The second-order valence-corrected chi connectivity index (χ2v) is 10.5. The van der Waals surface area contributed by atoms with E-state index < -0.39 is 15.4 Å². The summed E-state index contributed by atoms with van der Waals surface area (Å²) in [6.45, 7) is 4.38. The Morgan fingerprint density at radius 1 is 0.600 bits per heavy atom. The van der Waals surface area contributed by atoms with Crippen LogP contribution in [0.15, 0.2) is 0 Å². The zero-order chi connectivity index (χ0) is 21.8. The molecule has 2 unspecified atom stereocenters. The van der Waals surface area contributed by atoms with Gasteiger partial charge in [-0.1, -0.05) is 117 Å². The van der Waals surface area contributed by atoms with Crippen LogP contribution < -0.4 is 29.6 Å². The third-order valence-electron chi connectivity index (χ3n) is 5.99. The number of hydrogen-bond donors (Lipinski definition) is 1. The average molecular weight is 457 g/mol. The topological polar surface area (TPSA) is 77.4 Å². The van der Waals surface area contributed by atoms with Crippen molar-refractivity contribution in [3.05, 3.63) is 0 Å². The van der Waals surface area contributed by atoms with Crippen LogP contribution in [0.2, 0.25) is 0 Å². The summed E-state index contributed by atoms with van der Waals surface area (Å²) >= 11 is 0. The first-order valence-corrected chi connectivity index (χ1v) is 14.0. The maximum Gasteiger partial charge on any atom is 1.00 e. The number of aliphatic hydroxyl groups excluding tert-OH is 1. The molecular weight excluding hydrogens is 407 g/mol. The van der Waals surface area contributed by atoms with Crippen LogP contribution in [0.1, 0.15) is 142 Å². The molecule has 4 nitrogen and oxygen atoms in total. The van der Waals surface area contributed by atoms with Crippen LogP contribution in [0.25, 0.3) is 0 Å². The molecule has 0 radical (unpaired) electrons. The van der Waals surface area contributed by atoms with Crippen molar-refractivity contribution in [3.8, 4) is 0 Å². The molecule has 0 aromatic heterocycles. The maximum absolute atomic E-state index is 11.5. The van der Waals surface area contributed by atoms with E-state index in [4.69, 9.17) is 0 Å². The van der Waals surface area contributed by atoms with Crippen LogP contribution in [0.4, 0.5) is 0 Å². The summed E-state index contributed by atoms with van der Waals surface area (Å²) in [5.41, 5.74) is 0. The zero-order valence-electron chi connectivity index (χ0n) is 20.4. The Hall–Kier alpha value is 0.870. The van der Waals surface area contributed by atoms with Crippen molar-refractivity contribution >= 4 is 10.1 Å². The molecule has 0 aliphatic heterocycles. The Bertz CT molecular complexity index is 442. The molecule has 0 spiro atoms. The minimum absolute atomic E-state index is 0. The first kappa shape index (κ1) is 33.0. The maximum atomic E-state index is 11.5. The zero-order valence-corrected chi connectivity index (χ0v) is 23.2. The van der Waals surface area contributed by atoms with Crippen molar-refractivity contribution in [2.75, 3.05) is 0 Å². The number of unbranched alkanes of at least 4 members (excludes halogenated alkanes) is 13. The summed E-state index contributed by atoms with van der Waals surface area (Å²) in [4.78, 5) is 0. The summed E-state index contributed by atoms with van der Waals surface area (Å²) in [5.74, 6) is 0. The van der Waals surface area contributed by atoms with Gasteiger partial charge in [0, 0.05) is 5.25 Å². The fourth-order valence-electron chi connectivity index (χ4n) is 4.00. The van der Waals surface area contributed by atoms with Crippen LogP contribution in [0.5, 0.6) is 0 Å². The van der Waals surface area contributed by atoms with Gasteiger partial charge in [0.05, 0.1) is 16.2 Å². The molecule has 0 aliphatic carbocycles. The van der Waals surface area contributed by atoms with E-state index in [1.807, 2.05) is 0 Å². The number of aliphatic hydroxyl groups is 1. The predicted octanol–water partition coefficient (Wildman–Crippen LogP) is 4.11. The van der Waals surface area contributed by atoms with Crippen molar-refractivity contribution < 1.29 is 47.6 Å². The van der Waals surface area contributed by atoms with Gasteiger partial charge < -0.3 is 9.66 Å². The minimum atomic E-state index is -4.21. The molecule has 0 saturated carbocycles. The average Bonchev–Trinajstić information content (AvgIpc) is 2.66. The van der Waals surface area contributed by atoms with E-state index in [-0.39, 0.29) is 35.7 Å². The molecule has 0 aromatic carbocycles. The molecule has 0 aliphatic rings. The number of rotatable bonds is 22. The van der Waals surface area contributed by atoms with Gasteiger partial charge in [0.15, 0.2) is 0 Å². The van der Waals surface area contributed by atoms with E-state index in [2.05, 4.69) is 13.8 Å². The largest absolute Gasteiger partial charge is 1.00 e. The normalized spacial score (nSPS) is 13.7. The van der Waals surface area contributed by atoms with Crippen LogP contribution in [-0.2, 0) is 10.1 Å². The van der Waals surface area contributed by atoms with Crippen LogP contribution in [0, 0.1) is 0 Å². The molecular formula is C24H49NaO4S. The van der Waals surface area contributed by atoms with Crippen LogP contribution in [0.3, 0.4) is 0 Å². The van der Waals surface area contributed by atoms with Crippen molar-refractivity contribution in [2.24, 2.45) is 0 Å². The standard InChI is InChI=1S/C24H50O4S.Na/c1-3-5-7-8-9-10-11-12-13-14-16-21-24(29(26,27)28)22-18-17-20-23(25)19-15-6-4-2;/h23-25H,3-22H2,1-2H3,(H,26,27,28);/q;+1/p-1. The van der Waals surface area contributed by atoms with Gasteiger partial charge in [-0.05, 0) is 25.7 Å². The van der Waals surface area contributed by atoms with Crippen molar-refractivity contribution in [1.29, 1.82) is 0 Å². The van der Waals surface area contributed by atoms with E-state index in [9.17, 15) is 18.1 Å². The third-order valence-corrected chi connectivity index (χ3v) is 7.28. The van der Waals surface area contributed by atoms with Gasteiger partial charge in [0.1, 0.15) is 0 Å². The minimum Gasteiger partial charge on any atom is -0.748 e. The molecule has 0 bridgehead atoms. The second kappa shape index (κ2) is 23.0. The molecule has 1 N–H and O–H groups in total. The molecule has 2 atom stereocenters. The Kier molecular flexibility index (Phi) is 25.4. The predicted molar refractivity (Wildman–Crippen MR) is 123 cm³/mol. The molecule has 0 heterocycles. The summed E-state index contributed by atoms with van der Waals surface area (Å²) in [6, 6.07) is 0. The molecule has 0 amide bonds. The van der Waals surface area contributed by atoms with Gasteiger partial charge in [-0.15, -0.1) is 0 Å². The fourth-order valence-corrected chi connectivity index (χ4v) is 4.91. The smallest absolute Gasteiger partial charge is 0.748 e. The molecule has 6 heteroatoms. The fraction of sp³-hybridized carbons (Fsp3) is 1.00. The molecule has 0 fully saturated rings. The Morgan fingerprint density at radius 2 is 0.900 bits per heavy atom. The second-order valence-electron chi connectivity index (χ2n) is 8.87. The number of hydrogen-bond acceptors (Lipinski definition) is 4. The Balaban J connectivity index is 0. The van der Waals surface area contributed by atoms with Gasteiger partial charge in [-0.25, -0.2) is 8.42 Å². The third kappa shape index (κ3) is 22.1. The van der Waals surface area contributed by atoms with Gasteiger partial charge in [0.25, 0.3) is 0 Å². The van der Waals surface area contributed by atoms with E-state index in [1.54, 1.807) is 0 Å². The molecule has 0 saturated heterocycles. The van der Waals surface area contributed by atoms with Crippen molar-refractivity contribution in [3.63, 3.8) is 0 Å². The Morgan fingerprint density at radius 3 is 1.33 bits per heavy atom. The summed E-state index contributed by atoms with van der Waals surface area (Å²) in [6.07, 6.45) is 20.6. The van der Waals surface area contributed by atoms with Crippen LogP contribution in [-0.4, -0.2) is 29.4 Å². The van der Waals surface area contributed by atoms with Gasteiger partial charge >= 0.3 is 29.6 Å². The Labute approximate surface area is 210 Å². The van der Waals surface area contributed by atoms with Crippen molar-refractivity contribution in [2.45, 2.75) is 154 Å². The van der Waals surface area contributed by atoms with Gasteiger partial charge in [-0.3, -0.25) is 0 Å². The summed E-state index contributed by atoms with van der Waals surface area (Å²) in [5, 5.41) is 9.20. The van der Waals surface area contributed by atoms with Crippen molar-refractivity contribution in [1.82, 2.24) is 0 Å². The summed E-state index contributed by atoms with van der Waals surface area (Å²) in [7, 11) is -4.21. The molecule has 0 rings (SSSR count). The first-order chi connectivity index (χ1) is 13.9. The molecule has 176 valence electrons. The SMILES string of the molecule is CCCCCCCCCCCCCC(CCCCC(O)CCCCC)S(=O)(=O)[O-].[Na+]. The quantitative estimate of drug-likeness (QED) is 0.151. The molecule has 30 heavy (non-hydrogen) atoms. The van der Waals surface area contributed by atoms with E-state index in [0.29, 0.717) is 19.3 Å². The van der Waals surface area contributed by atoms with Gasteiger partial charge in [0.2, 0.25) is 0 Å². The summed E-state index contributed by atoms with van der Waals surface area (Å²) < 4.78 is 34.6.